The molecule has 0 amide bonds. The number of halogens is 2. The Balaban J connectivity index is 3.50. The van der Waals surface area contributed by atoms with E-state index in [4.69, 9.17) is 11.6 Å². The van der Waals surface area contributed by atoms with Crippen LogP contribution in [-0.4, -0.2) is 10.1 Å². The molecule has 0 radical (unpaired) electrons. The van der Waals surface area contributed by atoms with Gasteiger partial charge in [0, 0.05) is 0 Å². The highest BCUT2D eigenvalue weighted by Gasteiger charge is 2.12. The summed E-state index contributed by atoms with van der Waals surface area (Å²) in [6.07, 6.45) is 0.808. The van der Waals surface area contributed by atoms with Crippen LogP contribution in [0.5, 0.6) is 0 Å². The van der Waals surface area contributed by atoms with Gasteiger partial charge in [0.2, 0.25) is 5.24 Å². The largest absolute Gasteiger partial charge is 0.280 e. The van der Waals surface area contributed by atoms with E-state index in [0.29, 0.717) is 5.92 Å². The predicted molar refractivity (Wildman–Crippen MR) is 43.0 cm³/mol. The molecule has 0 aromatic heterocycles. The monoisotopic (exact) mass is 212 g/mol. The smallest absolute Gasteiger partial charge is 0.235 e. The Labute approximate surface area is 68.9 Å². The lowest BCUT2D eigenvalue weighted by Gasteiger charge is -2.05. The highest BCUT2D eigenvalue weighted by atomic mass is 79.9. The topological polar surface area (TPSA) is 17.1 Å². The summed E-state index contributed by atoms with van der Waals surface area (Å²) in [5.41, 5.74) is 0. The minimum atomic E-state index is -0.302. The van der Waals surface area contributed by atoms with Gasteiger partial charge in [-0.3, -0.25) is 4.79 Å². The number of carbonyl (C=O) groups is 1. The van der Waals surface area contributed by atoms with Crippen molar-refractivity contribution < 1.29 is 4.79 Å². The summed E-state index contributed by atoms with van der Waals surface area (Å²) in [6.45, 7) is 4.10. The first kappa shape index (κ1) is 9.44. The molecule has 3 heteroatoms. The van der Waals surface area contributed by atoms with Gasteiger partial charge in [0.25, 0.3) is 0 Å². The molecule has 0 bridgehead atoms. The van der Waals surface area contributed by atoms with Gasteiger partial charge in [-0.05, 0) is 23.9 Å². The Kier molecular flexibility index (Phi) is 4.50. The van der Waals surface area contributed by atoms with Crippen LogP contribution in [-0.2, 0) is 4.79 Å². The molecule has 0 heterocycles. The summed E-state index contributed by atoms with van der Waals surface area (Å²) in [5.74, 6) is 0.511. The number of alkyl halides is 1. The summed E-state index contributed by atoms with van der Waals surface area (Å²) >= 11 is 8.35. The van der Waals surface area contributed by atoms with Crippen molar-refractivity contribution in [3.8, 4) is 0 Å². The van der Waals surface area contributed by atoms with Crippen LogP contribution in [0.25, 0.3) is 0 Å². The molecule has 0 aromatic rings. The number of rotatable bonds is 3. The molecule has 9 heavy (non-hydrogen) atoms. The first-order valence-electron chi connectivity index (χ1n) is 2.87. The summed E-state index contributed by atoms with van der Waals surface area (Å²) in [5, 5.41) is -0.302. The highest BCUT2D eigenvalue weighted by Crippen LogP contribution is 2.14. The fraction of sp³-hybridized carbons (Fsp3) is 0.833. The molecule has 0 aromatic carbocycles. The Bertz CT molecular complexity index is 103. The third kappa shape index (κ3) is 4.91. The van der Waals surface area contributed by atoms with E-state index in [1.165, 1.54) is 0 Å². The second-order valence-corrected chi connectivity index (χ2v) is 3.88. The van der Waals surface area contributed by atoms with Crippen molar-refractivity contribution in [2.45, 2.75) is 25.1 Å². The number of carbonyl (C=O) groups excluding carboxylic acids is 1. The van der Waals surface area contributed by atoms with Gasteiger partial charge in [-0.15, -0.1) is 0 Å². The zero-order chi connectivity index (χ0) is 7.44. The van der Waals surface area contributed by atoms with E-state index in [9.17, 15) is 4.79 Å². The molecule has 0 saturated heterocycles. The van der Waals surface area contributed by atoms with Crippen molar-refractivity contribution in [3.63, 3.8) is 0 Å². The van der Waals surface area contributed by atoms with Crippen LogP contribution in [0.1, 0.15) is 20.3 Å². The molecule has 0 spiro atoms. The minimum absolute atomic E-state index is 0.167. The van der Waals surface area contributed by atoms with Crippen LogP contribution in [0, 0.1) is 5.92 Å². The summed E-state index contributed by atoms with van der Waals surface area (Å²) in [7, 11) is 0. The molecule has 0 fully saturated rings. The molecule has 0 aliphatic rings. The zero-order valence-corrected chi connectivity index (χ0v) is 7.87. The molecule has 0 unspecified atom stereocenters. The first-order chi connectivity index (χ1) is 4.04. The van der Waals surface area contributed by atoms with Crippen molar-refractivity contribution >= 4 is 32.8 Å². The van der Waals surface area contributed by atoms with Gasteiger partial charge in [0.1, 0.15) is 0 Å². The van der Waals surface area contributed by atoms with Gasteiger partial charge >= 0.3 is 0 Å². The fourth-order valence-electron chi connectivity index (χ4n) is 0.507. The molecular weight excluding hydrogens is 203 g/mol. The molecule has 0 aliphatic heterocycles. The maximum atomic E-state index is 10.4. The second kappa shape index (κ2) is 4.29. The summed E-state index contributed by atoms with van der Waals surface area (Å²) in [6, 6.07) is 0. The average Bonchev–Trinajstić information content (AvgIpc) is 1.63. The standard InChI is InChI=1S/C6H10BrClO/c1-4(2)3-5(7)6(8)9/h4-5H,3H2,1-2H3/t5-/m1/s1. The van der Waals surface area contributed by atoms with Crippen molar-refractivity contribution in [2.24, 2.45) is 5.92 Å². The van der Waals surface area contributed by atoms with Gasteiger partial charge in [0.15, 0.2) is 0 Å². The molecule has 0 aliphatic carbocycles. The Morgan fingerprint density at radius 3 is 2.22 bits per heavy atom. The van der Waals surface area contributed by atoms with Gasteiger partial charge in [-0.2, -0.15) is 0 Å². The van der Waals surface area contributed by atoms with Crippen molar-refractivity contribution in [1.29, 1.82) is 0 Å². The second-order valence-electron chi connectivity index (χ2n) is 2.40. The minimum Gasteiger partial charge on any atom is -0.280 e. The van der Waals surface area contributed by atoms with E-state index in [-0.39, 0.29) is 10.1 Å². The van der Waals surface area contributed by atoms with E-state index >= 15 is 0 Å². The van der Waals surface area contributed by atoms with E-state index in [2.05, 4.69) is 15.9 Å². The lowest BCUT2D eigenvalue weighted by molar-refractivity contribution is -0.111. The van der Waals surface area contributed by atoms with E-state index in [1.54, 1.807) is 0 Å². The quantitative estimate of drug-likeness (QED) is 0.520. The Hall–Kier alpha value is 0.440. The summed E-state index contributed by atoms with van der Waals surface area (Å²) < 4.78 is 0. The molecule has 54 valence electrons. The Morgan fingerprint density at radius 2 is 2.11 bits per heavy atom. The average molecular weight is 214 g/mol. The third-order valence-corrected chi connectivity index (χ3v) is 2.24. The van der Waals surface area contributed by atoms with Crippen LogP contribution in [0.2, 0.25) is 0 Å². The third-order valence-electron chi connectivity index (χ3n) is 0.925. The molecular formula is C6H10BrClO. The van der Waals surface area contributed by atoms with Gasteiger partial charge < -0.3 is 0 Å². The van der Waals surface area contributed by atoms with Crippen LogP contribution >= 0.6 is 27.5 Å². The molecule has 1 atom stereocenters. The zero-order valence-electron chi connectivity index (χ0n) is 5.53. The van der Waals surface area contributed by atoms with Crippen molar-refractivity contribution in [2.75, 3.05) is 0 Å². The van der Waals surface area contributed by atoms with Crippen LogP contribution in [0.15, 0.2) is 0 Å². The molecule has 1 nitrogen and oxygen atoms in total. The van der Waals surface area contributed by atoms with Gasteiger partial charge in [-0.25, -0.2) is 0 Å². The Morgan fingerprint density at radius 1 is 1.67 bits per heavy atom. The van der Waals surface area contributed by atoms with Crippen molar-refractivity contribution in [1.82, 2.24) is 0 Å². The lowest BCUT2D eigenvalue weighted by Crippen LogP contribution is -2.09. The normalized spacial score (nSPS) is 13.9. The van der Waals surface area contributed by atoms with Crippen LogP contribution in [0.4, 0.5) is 0 Å². The number of hydrogen-bond acceptors (Lipinski definition) is 1. The lowest BCUT2D eigenvalue weighted by atomic mass is 10.1. The SMILES string of the molecule is CC(C)C[C@@H](Br)C(=O)Cl. The van der Waals surface area contributed by atoms with E-state index in [0.717, 1.165) is 6.42 Å². The number of hydrogen-bond donors (Lipinski definition) is 0. The van der Waals surface area contributed by atoms with Crippen molar-refractivity contribution in [3.05, 3.63) is 0 Å². The maximum absolute atomic E-state index is 10.4. The van der Waals surface area contributed by atoms with E-state index < -0.39 is 0 Å². The highest BCUT2D eigenvalue weighted by molar-refractivity contribution is 9.10. The van der Waals surface area contributed by atoms with Crippen LogP contribution in [0.3, 0.4) is 0 Å². The summed E-state index contributed by atoms with van der Waals surface area (Å²) in [4.78, 5) is 10.2. The maximum Gasteiger partial charge on any atom is 0.235 e. The molecule has 0 saturated carbocycles. The fourth-order valence-corrected chi connectivity index (χ4v) is 1.34. The first-order valence-corrected chi connectivity index (χ1v) is 4.16. The van der Waals surface area contributed by atoms with Gasteiger partial charge in [0.05, 0.1) is 4.83 Å². The molecule has 0 rings (SSSR count). The van der Waals surface area contributed by atoms with Gasteiger partial charge in [-0.1, -0.05) is 29.8 Å². The van der Waals surface area contributed by atoms with E-state index in [1.807, 2.05) is 13.8 Å². The molecule has 0 N–H and O–H groups in total. The van der Waals surface area contributed by atoms with Crippen LogP contribution < -0.4 is 0 Å². The predicted octanol–water partition coefficient (Wildman–Crippen LogP) is 2.56.